The molecular weight excluding hydrogens is 242 g/mol. The number of nitrogens with zero attached hydrogens (tertiary/aromatic N) is 1. The lowest BCUT2D eigenvalue weighted by Crippen LogP contribution is -2.34. The molecule has 2 rings (SSSR count). The summed E-state index contributed by atoms with van der Waals surface area (Å²) in [5.74, 6) is -1.75. The van der Waals surface area contributed by atoms with Gasteiger partial charge in [-0.2, -0.15) is 0 Å². The Bertz CT molecular complexity index is 517. The fraction of sp³-hybridized carbons (Fsp3) is 0.400. The number of H-pyrrole nitrogens is 1. The van der Waals surface area contributed by atoms with Crippen molar-refractivity contribution in [1.82, 2.24) is 10.3 Å². The number of carboxylic acids is 1. The third-order valence-electron chi connectivity index (χ3n) is 3.01. The molecule has 8 nitrogen and oxygen atoms in total. The molecule has 1 aliphatic carbocycles. The SMILES string of the molecule is O=C(NCC1(C(=O)O)CC1)c1ccc([N+](=O)[O-])[nH]1. The molecule has 1 fully saturated rings. The van der Waals surface area contributed by atoms with E-state index in [0.29, 0.717) is 12.8 Å². The first kappa shape index (κ1) is 12.1. The predicted molar refractivity (Wildman–Crippen MR) is 59.1 cm³/mol. The molecule has 0 bridgehead atoms. The van der Waals surface area contributed by atoms with Gasteiger partial charge in [0.1, 0.15) is 0 Å². The Hall–Kier alpha value is -2.38. The van der Waals surface area contributed by atoms with Gasteiger partial charge in [0.15, 0.2) is 5.69 Å². The highest BCUT2D eigenvalue weighted by molar-refractivity contribution is 5.93. The van der Waals surface area contributed by atoms with Crippen LogP contribution in [0.25, 0.3) is 0 Å². The number of carbonyl (C=O) groups excluding carboxylic acids is 1. The Kier molecular flexibility index (Phi) is 2.77. The van der Waals surface area contributed by atoms with Gasteiger partial charge < -0.3 is 20.5 Å². The summed E-state index contributed by atoms with van der Waals surface area (Å²) >= 11 is 0. The fourth-order valence-electron chi connectivity index (χ4n) is 1.58. The van der Waals surface area contributed by atoms with E-state index in [4.69, 9.17) is 5.11 Å². The summed E-state index contributed by atoms with van der Waals surface area (Å²) in [7, 11) is 0. The van der Waals surface area contributed by atoms with Crippen LogP contribution >= 0.6 is 0 Å². The number of nitro groups is 1. The van der Waals surface area contributed by atoms with Crippen LogP contribution in [-0.2, 0) is 4.79 Å². The molecule has 0 unspecified atom stereocenters. The van der Waals surface area contributed by atoms with Gasteiger partial charge in [0.25, 0.3) is 5.91 Å². The second-order valence-corrected chi connectivity index (χ2v) is 4.28. The van der Waals surface area contributed by atoms with Crippen LogP contribution in [0.5, 0.6) is 0 Å². The molecule has 0 aromatic carbocycles. The Morgan fingerprint density at radius 1 is 1.50 bits per heavy atom. The highest BCUT2D eigenvalue weighted by Crippen LogP contribution is 2.45. The van der Waals surface area contributed by atoms with E-state index in [-0.39, 0.29) is 18.1 Å². The number of rotatable bonds is 5. The first-order chi connectivity index (χ1) is 8.44. The molecule has 1 amide bonds. The van der Waals surface area contributed by atoms with Crippen LogP contribution in [0.15, 0.2) is 12.1 Å². The smallest absolute Gasteiger partial charge is 0.321 e. The Labute approximate surface area is 101 Å². The molecule has 0 aliphatic heterocycles. The Balaban J connectivity index is 1.96. The van der Waals surface area contributed by atoms with Crippen LogP contribution in [0.3, 0.4) is 0 Å². The van der Waals surface area contributed by atoms with E-state index in [2.05, 4.69) is 10.3 Å². The predicted octanol–water partition coefficient (Wildman–Crippen LogP) is 0.517. The molecule has 8 heteroatoms. The van der Waals surface area contributed by atoms with Gasteiger partial charge >= 0.3 is 11.8 Å². The molecule has 1 aromatic heterocycles. The Morgan fingerprint density at radius 3 is 2.61 bits per heavy atom. The second kappa shape index (κ2) is 4.13. The maximum atomic E-state index is 11.6. The molecule has 1 heterocycles. The van der Waals surface area contributed by atoms with Crippen LogP contribution < -0.4 is 5.32 Å². The number of hydrogen-bond donors (Lipinski definition) is 3. The van der Waals surface area contributed by atoms with Crippen molar-refractivity contribution in [3.8, 4) is 0 Å². The monoisotopic (exact) mass is 253 g/mol. The number of aliphatic carboxylic acids is 1. The molecular formula is C10H11N3O5. The van der Waals surface area contributed by atoms with Crippen LogP contribution in [0.4, 0.5) is 5.82 Å². The summed E-state index contributed by atoms with van der Waals surface area (Å²) in [4.78, 5) is 34.6. The summed E-state index contributed by atoms with van der Waals surface area (Å²) in [6.45, 7) is 0.0357. The van der Waals surface area contributed by atoms with E-state index in [1.807, 2.05) is 0 Å². The number of hydrogen-bond acceptors (Lipinski definition) is 4. The average Bonchev–Trinajstić information content (AvgIpc) is 2.94. The van der Waals surface area contributed by atoms with Gasteiger partial charge in [0, 0.05) is 12.6 Å². The van der Waals surface area contributed by atoms with Gasteiger partial charge in [0.05, 0.1) is 5.41 Å². The summed E-state index contributed by atoms with van der Waals surface area (Å²) in [6.07, 6.45) is 1.07. The number of aromatic nitrogens is 1. The maximum absolute atomic E-state index is 11.6. The van der Waals surface area contributed by atoms with E-state index in [0.717, 1.165) is 0 Å². The highest BCUT2D eigenvalue weighted by Gasteiger charge is 2.50. The molecule has 0 spiro atoms. The standard InChI is InChI=1S/C10H11N3O5/c14-8(6-1-2-7(12-6)13(17)18)11-5-10(3-4-10)9(15)16/h1-2,12H,3-5H2,(H,11,14)(H,15,16). The number of aromatic amines is 1. The third kappa shape index (κ3) is 2.17. The zero-order valence-electron chi connectivity index (χ0n) is 9.30. The molecule has 96 valence electrons. The lowest BCUT2D eigenvalue weighted by atomic mass is 10.1. The summed E-state index contributed by atoms with van der Waals surface area (Å²) in [5, 5.41) is 21.8. The summed E-state index contributed by atoms with van der Waals surface area (Å²) in [6, 6.07) is 2.47. The van der Waals surface area contributed by atoms with Crippen molar-refractivity contribution in [2.75, 3.05) is 6.54 Å². The molecule has 3 N–H and O–H groups in total. The van der Waals surface area contributed by atoms with Crippen molar-refractivity contribution in [2.24, 2.45) is 5.41 Å². The van der Waals surface area contributed by atoms with Gasteiger partial charge in [-0.25, -0.2) is 4.98 Å². The first-order valence-corrected chi connectivity index (χ1v) is 5.30. The molecule has 1 aromatic rings. The van der Waals surface area contributed by atoms with E-state index in [1.54, 1.807) is 0 Å². The van der Waals surface area contributed by atoms with Gasteiger partial charge in [-0.15, -0.1) is 0 Å². The van der Waals surface area contributed by atoms with Crippen molar-refractivity contribution in [2.45, 2.75) is 12.8 Å². The molecule has 1 saturated carbocycles. The third-order valence-corrected chi connectivity index (χ3v) is 3.01. The minimum atomic E-state index is -0.930. The van der Waals surface area contributed by atoms with Gasteiger partial charge in [0.2, 0.25) is 0 Å². The van der Waals surface area contributed by atoms with Crippen LogP contribution in [0.2, 0.25) is 0 Å². The van der Waals surface area contributed by atoms with Crippen molar-refractivity contribution < 1.29 is 19.6 Å². The van der Waals surface area contributed by atoms with Crippen LogP contribution in [0.1, 0.15) is 23.3 Å². The molecule has 1 aliphatic rings. The normalized spacial score (nSPS) is 16.0. The van der Waals surface area contributed by atoms with Gasteiger partial charge in [-0.3, -0.25) is 9.59 Å². The van der Waals surface area contributed by atoms with Gasteiger partial charge in [-0.1, -0.05) is 0 Å². The van der Waals surface area contributed by atoms with Crippen molar-refractivity contribution in [3.63, 3.8) is 0 Å². The lowest BCUT2D eigenvalue weighted by Gasteiger charge is -2.09. The number of nitrogens with one attached hydrogen (secondary N) is 2. The fourth-order valence-corrected chi connectivity index (χ4v) is 1.58. The second-order valence-electron chi connectivity index (χ2n) is 4.28. The lowest BCUT2D eigenvalue weighted by molar-refractivity contribution is -0.389. The quantitative estimate of drug-likeness (QED) is 0.521. The maximum Gasteiger partial charge on any atom is 0.321 e. The zero-order valence-corrected chi connectivity index (χ0v) is 9.30. The first-order valence-electron chi connectivity index (χ1n) is 5.30. The van der Waals surface area contributed by atoms with E-state index in [9.17, 15) is 19.7 Å². The molecule has 0 saturated heterocycles. The summed E-state index contributed by atoms with van der Waals surface area (Å²) < 4.78 is 0. The molecule has 0 atom stereocenters. The van der Waals surface area contributed by atoms with Crippen LogP contribution in [-0.4, -0.2) is 33.4 Å². The zero-order chi connectivity index (χ0) is 13.3. The minimum Gasteiger partial charge on any atom is -0.481 e. The van der Waals surface area contributed by atoms with Crippen molar-refractivity contribution >= 4 is 17.7 Å². The van der Waals surface area contributed by atoms with E-state index in [1.165, 1.54) is 12.1 Å². The molecule has 0 radical (unpaired) electrons. The topological polar surface area (TPSA) is 125 Å². The van der Waals surface area contributed by atoms with Gasteiger partial charge in [-0.05, 0) is 23.8 Å². The molecule has 18 heavy (non-hydrogen) atoms. The Morgan fingerprint density at radius 2 is 2.17 bits per heavy atom. The van der Waals surface area contributed by atoms with E-state index >= 15 is 0 Å². The number of carbonyl (C=O) groups is 2. The number of carboxylic acid groups (broad SMARTS) is 1. The highest BCUT2D eigenvalue weighted by atomic mass is 16.6. The number of amides is 1. The van der Waals surface area contributed by atoms with Crippen molar-refractivity contribution in [3.05, 3.63) is 27.9 Å². The van der Waals surface area contributed by atoms with E-state index < -0.39 is 22.2 Å². The van der Waals surface area contributed by atoms with Crippen molar-refractivity contribution in [1.29, 1.82) is 0 Å². The minimum absolute atomic E-state index is 0.0357. The average molecular weight is 253 g/mol. The summed E-state index contributed by atoms with van der Waals surface area (Å²) in [5.41, 5.74) is -0.809. The largest absolute Gasteiger partial charge is 0.481 e. The van der Waals surface area contributed by atoms with Crippen LogP contribution in [0, 0.1) is 15.5 Å².